The van der Waals surface area contributed by atoms with Gasteiger partial charge >= 0.3 is 0 Å². The summed E-state index contributed by atoms with van der Waals surface area (Å²) in [5.74, 6) is 3.04. The molecule has 2 bridgehead atoms. The van der Waals surface area contributed by atoms with Gasteiger partial charge in [-0.2, -0.15) is 0 Å². The first-order valence-corrected chi connectivity index (χ1v) is 6.06. The van der Waals surface area contributed by atoms with E-state index in [1.165, 1.54) is 19.3 Å². The van der Waals surface area contributed by atoms with Gasteiger partial charge in [-0.15, -0.1) is 0 Å². The van der Waals surface area contributed by atoms with Gasteiger partial charge in [0.1, 0.15) is 0 Å². The molecule has 3 aliphatic rings. The van der Waals surface area contributed by atoms with Crippen molar-refractivity contribution in [1.29, 1.82) is 0 Å². The van der Waals surface area contributed by atoms with Crippen molar-refractivity contribution >= 4 is 0 Å². The van der Waals surface area contributed by atoms with Crippen LogP contribution >= 0.6 is 0 Å². The molecule has 4 unspecified atom stereocenters. The Kier molecular flexibility index (Phi) is 1.94. The maximum Gasteiger partial charge on any atom is 0.0832 e. The Morgan fingerprint density at radius 2 is 1.64 bits per heavy atom. The molecule has 2 heteroatoms. The molecule has 7 atom stereocenters. The minimum absolute atomic E-state index is 0.411. The monoisotopic (exact) mass is 196 g/mol. The lowest BCUT2D eigenvalue weighted by atomic mass is 9.65. The van der Waals surface area contributed by atoms with Crippen molar-refractivity contribution in [3.63, 3.8) is 0 Å². The molecule has 0 aliphatic heterocycles. The fourth-order valence-corrected chi connectivity index (χ4v) is 4.63. The summed E-state index contributed by atoms with van der Waals surface area (Å²) in [5, 5.41) is 19.8. The van der Waals surface area contributed by atoms with E-state index in [-0.39, 0.29) is 0 Å². The highest BCUT2D eigenvalue weighted by Crippen LogP contribution is 2.58. The summed E-state index contributed by atoms with van der Waals surface area (Å²) in [4.78, 5) is 0. The van der Waals surface area contributed by atoms with Gasteiger partial charge < -0.3 is 10.2 Å². The van der Waals surface area contributed by atoms with Gasteiger partial charge in [0.25, 0.3) is 0 Å². The second-order valence-electron chi connectivity index (χ2n) is 5.69. The van der Waals surface area contributed by atoms with Crippen LogP contribution in [0.15, 0.2) is 0 Å². The molecule has 3 saturated carbocycles. The molecule has 0 aromatic carbocycles. The van der Waals surface area contributed by atoms with E-state index in [9.17, 15) is 10.2 Å². The molecule has 14 heavy (non-hydrogen) atoms. The van der Waals surface area contributed by atoms with E-state index in [1.807, 2.05) is 0 Å². The molecule has 0 radical (unpaired) electrons. The Labute approximate surface area is 85.3 Å². The van der Waals surface area contributed by atoms with Gasteiger partial charge in [-0.25, -0.2) is 0 Å². The lowest BCUT2D eigenvalue weighted by Crippen LogP contribution is -2.45. The lowest BCUT2D eigenvalue weighted by Gasteiger charge is -2.43. The van der Waals surface area contributed by atoms with Crippen LogP contribution in [0.3, 0.4) is 0 Å². The Morgan fingerprint density at radius 1 is 0.929 bits per heavy atom. The SMILES string of the molecule is C[C@@H]1CCCC2C1[C@@H]1C[C@H]2C(O)C1O. The van der Waals surface area contributed by atoms with Gasteiger partial charge in [-0.1, -0.05) is 19.8 Å². The summed E-state index contributed by atoms with van der Waals surface area (Å²) in [6, 6.07) is 0. The molecular formula is C12H20O2. The van der Waals surface area contributed by atoms with Crippen LogP contribution in [0, 0.1) is 29.6 Å². The zero-order chi connectivity index (χ0) is 9.87. The topological polar surface area (TPSA) is 40.5 Å². The number of fused-ring (bicyclic) bond motifs is 5. The largest absolute Gasteiger partial charge is 0.390 e. The smallest absolute Gasteiger partial charge is 0.0832 e. The first-order valence-electron chi connectivity index (χ1n) is 6.06. The van der Waals surface area contributed by atoms with Crippen molar-refractivity contribution in [1.82, 2.24) is 0 Å². The standard InChI is InChI=1S/C12H20O2/c1-6-3-2-4-7-8-5-9(10(6)7)12(14)11(8)13/h6-14H,2-5H2,1H3/t6-,7?,8-,9+,10?,11?,12?/m1/s1. The zero-order valence-electron chi connectivity index (χ0n) is 8.76. The first-order chi connectivity index (χ1) is 6.70. The average Bonchev–Trinajstić information content (AvgIpc) is 2.67. The Bertz CT molecular complexity index is 238. The van der Waals surface area contributed by atoms with E-state index in [0.717, 1.165) is 18.3 Å². The second kappa shape index (κ2) is 2.96. The van der Waals surface area contributed by atoms with Crippen LogP contribution < -0.4 is 0 Å². The van der Waals surface area contributed by atoms with Gasteiger partial charge in [0.2, 0.25) is 0 Å². The number of aliphatic hydroxyl groups is 2. The summed E-state index contributed by atoms with van der Waals surface area (Å²) < 4.78 is 0. The van der Waals surface area contributed by atoms with Crippen LogP contribution in [0.5, 0.6) is 0 Å². The van der Waals surface area contributed by atoms with Crippen LogP contribution in [0.1, 0.15) is 32.6 Å². The van der Waals surface area contributed by atoms with Crippen LogP contribution in [-0.2, 0) is 0 Å². The highest BCUT2D eigenvalue weighted by Gasteiger charge is 2.58. The molecule has 0 amide bonds. The second-order valence-corrected chi connectivity index (χ2v) is 5.69. The van der Waals surface area contributed by atoms with Crippen LogP contribution in [0.4, 0.5) is 0 Å². The Hall–Kier alpha value is -0.0800. The molecule has 3 fully saturated rings. The van der Waals surface area contributed by atoms with Crippen molar-refractivity contribution in [2.75, 3.05) is 0 Å². The van der Waals surface area contributed by atoms with Gasteiger partial charge in [0.05, 0.1) is 12.2 Å². The van der Waals surface area contributed by atoms with E-state index in [1.54, 1.807) is 0 Å². The number of hydrogen-bond donors (Lipinski definition) is 2. The van der Waals surface area contributed by atoms with Gasteiger partial charge in [-0.05, 0) is 42.4 Å². The molecule has 0 spiro atoms. The van der Waals surface area contributed by atoms with E-state index < -0.39 is 12.2 Å². The van der Waals surface area contributed by atoms with E-state index in [0.29, 0.717) is 17.8 Å². The maximum atomic E-state index is 9.89. The molecule has 0 heterocycles. The zero-order valence-corrected chi connectivity index (χ0v) is 8.76. The third-order valence-corrected chi connectivity index (χ3v) is 5.16. The van der Waals surface area contributed by atoms with E-state index in [2.05, 4.69) is 6.92 Å². The first kappa shape index (κ1) is 9.17. The Balaban J connectivity index is 1.89. The van der Waals surface area contributed by atoms with Crippen molar-refractivity contribution < 1.29 is 10.2 Å². The van der Waals surface area contributed by atoms with Gasteiger partial charge in [0, 0.05) is 0 Å². The third kappa shape index (κ3) is 0.989. The molecular weight excluding hydrogens is 176 g/mol. The molecule has 0 aromatic heterocycles. The summed E-state index contributed by atoms with van der Waals surface area (Å²) in [5.41, 5.74) is 0. The molecule has 3 aliphatic carbocycles. The molecule has 2 nitrogen and oxygen atoms in total. The summed E-state index contributed by atoms with van der Waals surface area (Å²) in [6.45, 7) is 2.33. The predicted octanol–water partition coefficient (Wildman–Crippen LogP) is 1.41. The average molecular weight is 196 g/mol. The molecule has 2 N–H and O–H groups in total. The van der Waals surface area contributed by atoms with Crippen molar-refractivity contribution in [3.05, 3.63) is 0 Å². The molecule has 3 rings (SSSR count). The molecule has 0 saturated heterocycles. The fourth-order valence-electron chi connectivity index (χ4n) is 4.63. The van der Waals surface area contributed by atoms with Crippen LogP contribution in [0.25, 0.3) is 0 Å². The highest BCUT2D eigenvalue weighted by atomic mass is 16.3. The molecule has 0 aromatic rings. The lowest BCUT2D eigenvalue weighted by molar-refractivity contribution is -0.0777. The van der Waals surface area contributed by atoms with Gasteiger partial charge in [0.15, 0.2) is 0 Å². The fraction of sp³-hybridized carbons (Fsp3) is 1.00. The van der Waals surface area contributed by atoms with E-state index in [4.69, 9.17) is 0 Å². The maximum absolute atomic E-state index is 9.89. The van der Waals surface area contributed by atoms with Crippen LogP contribution in [-0.4, -0.2) is 22.4 Å². The van der Waals surface area contributed by atoms with Crippen LogP contribution in [0.2, 0.25) is 0 Å². The minimum Gasteiger partial charge on any atom is -0.390 e. The predicted molar refractivity (Wildman–Crippen MR) is 53.6 cm³/mol. The van der Waals surface area contributed by atoms with Crippen molar-refractivity contribution in [2.24, 2.45) is 29.6 Å². The summed E-state index contributed by atoms with van der Waals surface area (Å²) in [6.07, 6.45) is 4.21. The Morgan fingerprint density at radius 3 is 2.43 bits per heavy atom. The quantitative estimate of drug-likeness (QED) is 0.615. The minimum atomic E-state index is -0.415. The van der Waals surface area contributed by atoms with Crippen molar-refractivity contribution in [2.45, 2.75) is 44.8 Å². The number of aliphatic hydroxyl groups excluding tert-OH is 2. The molecule has 80 valence electrons. The summed E-state index contributed by atoms with van der Waals surface area (Å²) in [7, 11) is 0. The number of hydrogen-bond acceptors (Lipinski definition) is 2. The van der Waals surface area contributed by atoms with Gasteiger partial charge in [-0.3, -0.25) is 0 Å². The number of rotatable bonds is 0. The normalized spacial score (nSPS) is 61.5. The van der Waals surface area contributed by atoms with E-state index >= 15 is 0 Å². The van der Waals surface area contributed by atoms with Crippen molar-refractivity contribution in [3.8, 4) is 0 Å². The summed E-state index contributed by atoms with van der Waals surface area (Å²) >= 11 is 0. The third-order valence-electron chi connectivity index (χ3n) is 5.16. The highest BCUT2D eigenvalue weighted by molar-refractivity contribution is 5.07.